The molecule has 0 spiro atoms. The largest absolute Gasteiger partial charge is 0.497 e. The van der Waals surface area contributed by atoms with E-state index >= 15 is 0 Å². The summed E-state index contributed by atoms with van der Waals surface area (Å²) in [5, 5.41) is 2.99. The standard InChI is InChI=1S/C22H29N3O3/c1-4-25(5-2)20(17-8-10-19(28-3)11-9-17)16-24-22(27)13-12-21(26)18-7-6-14-23-15-18/h6-11,14-15,20H,4-5,12-13,16H2,1-3H3,(H,24,27). The van der Waals surface area contributed by atoms with Crippen LogP contribution in [-0.2, 0) is 4.79 Å². The monoisotopic (exact) mass is 383 g/mol. The highest BCUT2D eigenvalue weighted by atomic mass is 16.5. The molecule has 0 aliphatic carbocycles. The molecule has 0 saturated carbocycles. The summed E-state index contributed by atoms with van der Waals surface area (Å²) < 4.78 is 5.23. The van der Waals surface area contributed by atoms with Gasteiger partial charge in [-0.15, -0.1) is 0 Å². The number of methoxy groups -OCH3 is 1. The van der Waals surface area contributed by atoms with Crippen LogP contribution in [0, 0.1) is 0 Å². The summed E-state index contributed by atoms with van der Waals surface area (Å²) >= 11 is 0. The highest BCUT2D eigenvalue weighted by molar-refractivity contribution is 5.97. The van der Waals surface area contributed by atoms with Crippen LogP contribution in [0.5, 0.6) is 5.75 Å². The van der Waals surface area contributed by atoms with E-state index in [0.29, 0.717) is 12.1 Å². The predicted molar refractivity (Wildman–Crippen MR) is 109 cm³/mol. The Morgan fingerprint density at radius 2 is 1.82 bits per heavy atom. The van der Waals surface area contributed by atoms with Crippen molar-refractivity contribution in [3.05, 3.63) is 59.9 Å². The van der Waals surface area contributed by atoms with Gasteiger partial charge in [0.1, 0.15) is 5.75 Å². The number of likely N-dealkylation sites (N-methyl/N-ethyl adjacent to an activating group) is 1. The van der Waals surface area contributed by atoms with E-state index in [1.807, 2.05) is 24.3 Å². The maximum Gasteiger partial charge on any atom is 0.220 e. The molecule has 1 N–H and O–H groups in total. The second-order valence-electron chi connectivity index (χ2n) is 6.48. The molecule has 0 radical (unpaired) electrons. The number of nitrogens with zero attached hydrogens (tertiary/aromatic N) is 2. The fourth-order valence-corrected chi connectivity index (χ4v) is 3.15. The summed E-state index contributed by atoms with van der Waals surface area (Å²) in [6, 6.07) is 11.4. The molecule has 150 valence electrons. The maximum absolute atomic E-state index is 12.3. The minimum Gasteiger partial charge on any atom is -0.497 e. The van der Waals surface area contributed by atoms with Crippen LogP contribution in [0.4, 0.5) is 0 Å². The molecule has 0 saturated heterocycles. The number of ketones is 1. The minimum atomic E-state index is -0.122. The molecule has 6 heteroatoms. The molecule has 0 aliphatic heterocycles. The summed E-state index contributed by atoms with van der Waals surface area (Å²) in [6.45, 7) is 6.46. The molecular formula is C22H29N3O3. The van der Waals surface area contributed by atoms with Crippen LogP contribution in [0.1, 0.15) is 48.7 Å². The third kappa shape index (κ3) is 6.16. The zero-order valence-electron chi connectivity index (χ0n) is 16.9. The molecular weight excluding hydrogens is 354 g/mol. The number of rotatable bonds is 11. The Balaban J connectivity index is 1.94. The number of hydrogen-bond acceptors (Lipinski definition) is 5. The van der Waals surface area contributed by atoms with E-state index in [4.69, 9.17) is 4.74 Å². The first-order valence-electron chi connectivity index (χ1n) is 9.66. The molecule has 1 amide bonds. The molecule has 1 unspecified atom stereocenters. The van der Waals surface area contributed by atoms with Crippen LogP contribution in [0.2, 0.25) is 0 Å². The van der Waals surface area contributed by atoms with E-state index < -0.39 is 0 Å². The van der Waals surface area contributed by atoms with E-state index in [2.05, 4.69) is 29.0 Å². The Morgan fingerprint density at radius 1 is 1.11 bits per heavy atom. The fourth-order valence-electron chi connectivity index (χ4n) is 3.15. The van der Waals surface area contributed by atoms with Gasteiger partial charge in [-0.1, -0.05) is 26.0 Å². The van der Waals surface area contributed by atoms with Crippen molar-refractivity contribution in [2.45, 2.75) is 32.7 Å². The van der Waals surface area contributed by atoms with Gasteiger partial charge >= 0.3 is 0 Å². The average Bonchev–Trinajstić information content (AvgIpc) is 2.75. The number of amides is 1. The Morgan fingerprint density at radius 3 is 2.39 bits per heavy atom. The Bertz CT molecular complexity index is 743. The van der Waals surface area contributed by atoms with E-state index in [0.717, 1.165) is 24.4 Å². The topological polar surface area (TPSA) is 71.5 Å². The average molecular weight is 383 g/mol. The van der Waals surface area contributed by atoms with Gasteiger partial charge in [0.15, 0.2) is 5.78 Å². The normalized spacial score (nSPS) is 11.9. The molecule has 28 heavy (non-hydrogen) atoms. The number of benzene rings is 1. The molecule has 0 bridgehead atoms. The lowest BCUT2D eigenvalue weighted by molar-refractivity contribution is -0.121. The van der Waals surface area contributed by atoms with Gasteiger partial charge in [-0.05, 0) is 42.9 Å². The number of ether oxygens (including phenoxy) is 1. The maximum atomic E-state index is 12.3. The van der Waals surface area contributed by atoms with Gasteiger partial charge in [0.2, 0.25) is 5.91 Å². The van der Waals surface area contributed by atoms with Crippen molar-refractivity contribution >= 4 is 11.7 Å². The van der Waals surface area contributed by atoms with Crippen molar-refractivity contribution in [2.24, 2.45) is 0 Å². The van der Waals surface area contributed by atoms with Crippen molar-refractivity contribution in [1.29, 1.82) is 0 Å². The molecule has 2 aromatic rings. The second kappa shape index (κ2) is 11.2. The van der Waals surface area contributed by atoms with Crippen molar-refractivity contribution in [3.8, 4) is 5.75 Å². The lowest BCUT2D eigenvalue weighted by atomic mass is 10.0. The van der Waals surface area contributed by atoms with Gasteiger partial charge in [0.05, 0.1) is 13.2 Å². The van der Waals surface area contributed by atoms with Crippen LogP contribution in [0.25, 0.3) is 0 Å². The molecule has 2 rings (SSSR count). The molecule has 1 heterocycles. The number of carbonyl (C=O) groups is 2. The zero-order chi connectivity index (χ0) is 20.4. The van der Waals surface area contributed by atoms with Crippen LogP contribution >= 0.6 is 0 Å². The van der Waals surface area contributed by atoms with E-state index in [1.165, 1.54) is 6.20 Å². The summed E-state index contributed by atoms with van der Waals surface area (Å²) in [5.41, 5.74) is 1.66. The minimum absolute atomic E-state index is 0.0684. The first-order chi connectivity index (χ1) is 13.6. The van der Waals surface area contributed by atoms with Gasteiger partial charge in [-0.25, -0.2) is 0 Å². The fraction of sp³-hybridized carbons (Fsp3) is 0.409. The lowest BCUT2D eigenvalue weighted by Gasteiger charge is -2.30. The third-order valence-electron chi connectivity index (χ3n) is 4.81. The Labute approximate surface area is 166 Å². The summed E-state index contributed by atoms with van der Waals surface area (Å²) in [6.07, 6.45) is 3.49. The number of hydrogen-bond donors (Lipinski definition) is 1. The summed E-state index contributed by atoms with van der Waals surface area (Å²) in [7, 11) is 1.64. The number of nitrogens with one attached hydrogen (secondary N) is 1. The Hall–Kier alpha value is -2.73. The number of carbonyl (C=O) groups excluding carboxylic acids is 2. The molecule has 1 aromatic heterocycles. The number of aromatic nitrogens is 1. The number of Topliss-reactive ketones (excluding diaryl/α,β-unsaturated/α-hetero) is 1. The van der Waals surface area contributed by atoms with E-state index in [-0.39, 0.29) is 30.6 Å². The second-order valence-corrected chi connectivity index (χ2v) is 6.48. The molecule has 1 aromatic carbocycles. The molecule has 0 aliphatic rings. The van der Waals surface area contributed by atoms with Gasteiger partial charge in [-0.2, -0.15) is 0 Å². The predicted octanol–water partition coefficient (Wildman–Crippen LogP) is 3.25. The van der Waals surface area contributed by atoms with Crippen LogP contribution < -0.4 is 10.1 Å². The van der Waals surface area contributed by atoms with Crippen LogP contribution in [0.15, 0.2) is 48.8 Å². The van der Waals surface area contributed by atoms with Gasteiger partial charge < -0.3 is 10.1 Å². The highest BCUT2D eigenvalue weighted by Gasteiger charge is 2.19. The molecule has 1 atom stereocenters. The lowest BCUT2D eigenvalue weighted by Crippen LogP contribution is -2.38. The van der Waals surface area contributed by atoms with Gasteiger partial charge in [0, 0.05) is 37.3 Å². The van der Waals surface area contributed by atoms with Gasteiger partial charge in [-0.3, -0.25) is 19.5 Å². The Kier molecular flexibility index (Phi) is 8.62. The number of pyridine rings is 1. The van der Waals surface area contributed by atoms with Gasteiger partial charge in [0.25, 0.3) is 0 Å². The summed E-state index contributed by atoms with van der Waals surface area (Å²) in [4.78, 5) is 30.7. The smallest absolute Gasteiger partial charge is 0.220 e. The van der Waals surface area contributed by atoms with E-state index in [1.54, 1.807) is 25.4 Å². The SMILES string of the molecule is CCN(CC)C(CNC(=O)CCC(=O)c1cccnc1)c1ccc(OC)cc1. The first kappa shape index (κ1) is 21.6. The van der Waals surface area contributed by atoms with Crippen molar-refractivity contribution < 1.29 is 14.3 Å². The quantitative estimate of drug-likeness (QED) is 0.603. The summed E-state index contributed by atoms with van der Waals surface area (Å²) in [5.74, 6) is 0.613. The van der Waals surface area contributed by atoms with Crippen molar-refractivity contribution in [2.75, 3.05) is 26.7 Å². The van der Waals surface area contributed by atoms with Crippen molar-refractivity contribution in [3.63, 3.8) is 0 Å². The van der Waals surface area contributed by atoms with Crippen LogP contribution in [-0.4, -0.2) is 48.3 Å². The molecule has 0 fully saturated rings. The van der Waals surface area contributed by atoms with Crippen LogP contribution in [0.3, 0.4) is 0 Å². The highest BCUT2D eigenvalue weighted by Crippen LogP contribution is 2.22. The zero-order valence-corrected chi connectivity index (χ0v) is 16.9. The van der Waals surface area contributed by atoms with E-state index in [9.17, 15) is 9.59 Å². The first-order valence-corrected chi connectivity index (χ1v) is 9.66. The van der Waals surface area contributed by atoms with Crippen molar-refractivity contribution in [1.82, 2.24) is 15.2 Å². The molecule has 6 nitrogen and oxygen atoms in total. The third-order valence-corrected chi connectivity index (χ3v) is 4.81.